The van der Waals surface area contributed by atoms with Gasteiger partial charge < -0.3 is 19.9 Å². The fraction of sp³-hybridized carbons (Fsp3) is 0.412. The Morgan fingerprint density at radius 2 is 2.00 bits per heavy atom. The molecule has 6 heteroatoms. The van der Waals surface area contributed by atoms with Gasteiger partial charge in [0.25, 0.3) is 5.91 Å². The molecule has 0 fully saturated rings. The number of nitrogens with one attached hydrogen (secondary N) is 2. The molecule has 0 bridgehead atoms. The van der Waals surface area contributed by atoms with Gasteiger partial charge in [0.15, 0.2) is 0 Å². The van der Waals surface area contributed by atoms with Crippen LogP contribution in [-0.4, -0.2) is 36.6 Å². The summed E-state index contributed by atoms with van der Waals surface area (Å²) in [6.07, 6.45) is 0.432. The van der Waals surface area contributed by atoms with E-state index in [0.29, 0.717) is 31.8 Å². The van der Waals surface area contributed by atoms with Crippen molar-refractivity contribution in [2.24, 2.45) is 0 Å². The van der Waals surface area contributed by atoms with Gasteiger partial charge in [-0.15, -0.1) is 0 Å². The molecule has 0 aliphatic heterocycles. The van der Waals surface area contributed by atoms with Crippen LogP contribution in [0.5, 0.6) is 0 Å². The molecule has 0 saturated heterocycles. The second-order valence-corrected chi connectivity index (χ2v) is 5.20. The van der Waals surface area contributed by atoms with E-state index in [1.54, 1.807) is 7.11 Å². The summed E-state index contributed by atoms with van der Waals surface area (Å²) in [6.45, 7) is 5.45. The maximum absolute atomic E-state index is 12.3. The molecule has 124 valence electrons. The lowest BCUT2D eigenvalue weighted by molar-refractivity contribution is -0.115. The Morgan fingerprint density at radius 3 is 2.65 bits per heavy atom. The first kappa shape index (κ1) is 17.0. The number of nitrogens with zero attached hydrogens (tertiary/aromatic N) is 1. The van der Waals surface area contributed by atoms with Gasteiger partial charge in [-0.25, -0.2) is 0 Å². The smallest absolute Gasteiger partial charge is 0.268 e. The Bertz CT molecular complexity index is 706. The lowest BCUT2D eigenvalue weighted by atomic mass is 10.2. The number of aryl methyl sites for hydroxylation is 1. The van der Waals surface area contributed by atoms with E-state index in [2.05, 4.69) is 10.6 Å². The Kier molecular flexibility index (Phi) is 5.76. The number of ether oxygens (including phenoxy) is 1. The van der Waals surface area contributed by atoms with Crippen LogP contribution in [0, 0.1) is 0 Å². The van der Waals surface area contributed by atoms with E-state index in [1.807, 2.05) is 42.7 Å². The van der Waals surface area contributed by atoms with Crippen molar-refractivity contribution in [1.29, 1.82) is 0 Å². The van der Waals surface area contributed by atoms with Gasteiger partial charge in [0.2, 0.25) is 5.91 Å². The van der Waals surface area contributed by atoms with Crippen LogP contribution < -0.4 is 10.6 Å². The summed E-state index contributed by atoms with van der Waals surface area (Å²) in [5, 5.41) is 6.60. The van der Waals surface area contributed by atoms with E-state index < -0.39 is 0 Å². The van der Waals surface area contributed by atoms with Gasteiger partial charge in [-0.1, -0.05) is 6.92 Å². The van der Waals surface area contributed by atoms with E-state index >= 15 is 0 Å². The predicted octanol–water partition coefficient (Wildman–Crippen LogP) is 2.39. The number of hydrogen-bond acceptors (Lipinski definition) is 3. The molecular formula is C17H23N3O3. The van der Waals surface area contributed by atoms with Crippen molar-refractivity contribution in [3.8, 4) is 0 Å². The molecule has 2 aromatic rings. The average Bonchev–Trinajstić information content (AvgIpc) is 2.92. The van der Waals surface area contributed by atoms with Crippen molar-refractivity contribution >= 4 is 28.4 Å². The van der Waals surface area contributed by atoms with Crippen molar-refractivity contribution < 1.29 is 14.3 Å². The zero-order chi connectivity index (χ0) is 16.8. The Hall–Kier alpha value is -2.34. The molecule has 0 aliphatic carbocycles. The van der Waals surface area contributed by atoms with Crippen molar-refractivity contribution in [2.75, 3.05) is 25.6 Å². The zero-order valence-corrected chi connectivity index (χ0v) is 13.8. The number of rotatable bonds is 7. The Balaban J connectivity index is 2.31. The molecule has 1 aromatic carbocycles. The van der Waals surface area contributed by atoms with Crippen LogP contribution >= 0.6 is 0 Å². The van der Waals surface area contributed by atoms with Crippen LogP contribution in [0.25, 0.3) is 10.9 Å². The minimum absolute atomic E-state index is 0.0307. The van der Waals surface area contributed by atoms with Crippen LogP contribution in [0.3, 0.4) is 0 Å². The molecule has 23 heavy (non-hydrogen) atoms. The topological polar surface area (TPSA) is 72.4 Å². The van der Waals surface area contributed by atoms with Gasteiger partial charge in [-0.3, -0.25) is 9.59 Å². The molecule has 0 radical (unpaired) electrons. The molecule has 2 amide bonds. The number of carbonyl (C=O) groups is 2. The number of aromatic nitrogens is 1. The molecule has 0 aliphatic rings. The predicted molar refractivity (Wildman–Crippen MR) is 90.7 cm³/mol. The Morgan fingerprint density at radius 1 is 1.22 bits per heavy atom. The van der Waals surface area contributed by atoms with Crippen molar-refractivity contribution in [1.82, 2.24) is 9.88 Å². The fourth-order valence-electron chi connectivity index (χ4n) is 2.48. The first-order chi connectivity index (χ1) is 11.1. The van der Waals surface area contributed by atoms with E-state index in [4.69, 9.17) is 4.74 Å². The summed E-state index contributed by atoms with van der Waals surface area (Å²) in [6, 6.07) is 7.52. The van der Waals surface area contributed by atoms with Crippen molar-refractivity contribution in [3.05, 3.63) is 30.0 Å². The first-order valence-electron chi connectivity index (χ1n) is 7.81. The van der Waals surface area contributed by atoms with Crippen LogP contribution in [0.4, 0.5) is 5.69 Å². The van der Waals surface area contributed by atoms with E-state index in [-0.39, 0.29) is 11.8 Å². The number of anilines is 1. The normalized spacial score (nSPS) is 10.7. The third-order valence-corrected chi connectivity index (χ3v) is 3.65. The lowest BCUT2D eigenvalue weighted by Gasteiger charge is -2.09. The summed E-state index contributed by atoms with van der Waals surface area (Å²) in [4.78, 5) is 23.8. The summed E-state index contributed by atoms with van der Waals surface area (Å²) >= 11 is 0. The molecule has 0 unspecified atom stereocenters. The van der Waals surface area contributed by atoms with Gasteiger partial charge in [0.1, 0.15) is 5.69 Å². The number of methoxy groups -OCH3 is 1. The van der Waals surface area contributed by atoms with Gasteiger partial charge in [0, 0.05) is 43.2 Å². The highest BCUT2D eigenvalue weighted by molar-refractivity contribution is 6.00. The van der Waals surface area contributed by atoms with E-state index in [1.165, 1.54) is 0 Å². The Labute approximate surface area is 135 Å². The summed E-state index contributed by atoms with van der Waals surface area (Å²) < 4.78 is 6.91. The van der Waals surface area contributed by atoms with Crippen LogP contribution in [0.1, 0.15) is 30.8 Å². The maximum atomic E-state index is 12.3. The van der Waals surface area contributed by atoms with Crippen LogP contribution in [0.2, 0.25) is 0 Å². The maximum Gasteiger partial charge on any atom is 0.268 e. The highest BCUT2D eigenvalue weighted by atomic mass is 16.5. The number of fused-ring (bicyclic) bond motifs is 1. The monoisotopic (exact) mass is 317 g/mol. The van der Waals surface area contributed by atoms with E-state index in [9.17, 15) is 9.59 Å². The molecular weight excluding hydrogens is 294 g/mol. The fourth-order valence-corrected chi connectivity index (χ4v) is 2.48. The SMILES string of the molecule is CCC(=O)Nc1ccc2c(c1)cc(C(=O)NCCOC)n2CC. The van der Waals surface area contributed by atoms with Crippen LogP contribution in [0.15, 0.2) is 24.3 Å². The first-order valence-corrected chi connectivity index (χ1v) is 7.81. The van der Waals surface area contributed by atoms with E-state index in [0.717, 1.165) is 16.6 Å². The molecule has 0 saturated carbocycles. The average molecular weight is 317 g/mol. The number of hydrogen-bond donors (Lipinski definition) is 2. The molecule has 6 nitrogen and oxygen atoms in total. The van der Waals surface area contributed by atoms with Gasteiger partial charge in [-0.2, -0.15) is 0 Å². The summed E-state index contributed by atoms with van der Waals surface area (Å²) in [5.74, 6) is -0.156. The van der Waals surface area contributed by atoms with Crippen molar-refractivity contribution in [2.45, 2.75) is 26.8 Å². The van der Waals surface area contributed by atoms with Gasteiger partial charge >= 0.3 is 0 Å². The van der Waals surface area contributed by atoms with Crippen LogP contribution in [-0.2, 0) is 16.1 Å². The molecule has 0 atom stereocenters. The zero-order valence-electron chi connectivity index (χ0n) is 13.8. The molecule has 2 rings (SSSR count). The second kappa shape index (κ2) is 7.78. The van der Waals surface area contributed by atoms with Gasteiger partial charge in [-0.05, 0) is 31.2 Å². The van der Waals surface area contributed by atoms with Crippen molar-refractivity contribution in [3.63, 3.8) is 0 Å². The minimum atomic E-state index is -0.126. The third kappa shape index (κ3) is 3.90. The molecule has 2 N–H and O–H groups in total. The highest BCUT2D eigenvalue weighted by Gasteiger charge is 2.15. The molecule has 1 aromatic heterocycles. The largest absolute Gasteiger partial charge is 0.383 e. The second-order valence-electron chi connectivity index (χ2n) is 5.20. The quantitative estimate of drug-likeness (QED) is 0.770. The standard InChI is InChI=1S/C17H23N3O3/c1-4-16(21)19-13-6-7-14-12(10-13)11-15(20(14)5-2)17(22)18-8-9-23-3/h6-7,10-11H,4-5,8-9H2,1-3H3,(H,18,22)(H,19,21). The number of benzene rings is 1. The number of carbonyl (C=O) groups excluding carboxylic acids is 2. The minimum Gasteiger partial charge on any atom is -0.383 e. The molecule has 0 spiro atoms. The molecule has 1 heterocycles. The lowest BCUT2D eigenvalue weighted by Crippen LogP contribution is -2.28. The highest BCUT2D eigenvalue weighted by Crippen LogP contribution is 2.24. The third-order valence-electron chi connectivity index (χ3n) is 3.65. The summed E-state index contributed by atoms with van der Waals surface area (Å²) in [7, 11) is 1.60. The summed E-state index contributed by atoms with van der Waals surface area (Å²) in [5.41, 5.74) is 2.32. The number of amides is 2. The van der Waals surface area contributed by atoms with Gasteiger partial charge in [0.05, 0.1) is 6.61 Å².